The average molecular weight is 864 g/mol. The van der Waals surface area contributed by atoms with Crippen molar-refractivity contribution in [2.24, 2.45) is 0 Å². The fourth-order valence-corrected chi connectivity index (χ4v) is 4.17. The Hall–Kier alpha value is -6.64. The van der Waals surface area contributed by atoms with Gasteiger partial charge in [-0.1, -0.05) is 28.1 Å². The van der Waals surface area contributed by atoms with E-state index in [1.54, 1.807) is 12.1 Å². The van der Waals surface area contributed by atoms with E-state index in [0.717, 1.165) is 25.1 Å². The topological polar surface area (TPSA) is 184 Å². The number of benzene rings is 4. The lowest BCUT2D eigenvalue weighted by Crippen LogP contribution is -2.45. The predicted octanol–water partition coefficient (Wildman–Crippen LogP) is 8.50. The number of alkyl halides is 7. The van der Waals surface area contributed by atoms with Crippen LogP contribution in [0.3, 0.4) is 0 Å². The molecular formula is C38H29BrF6N6O6. The number of nitrogens with one attached hydrogen (secondary N) is 2. The zero-order valence-corrected chi connectivity index (χ0v) is 31.1. The summed E-state index contributed by atoms with van der Waals surface area (Å²) in [5, 5.41) is 50.0. The highest BCUT2D eigenvalue weighted by Gasteiger charge is 2.36. The number of carbonyl (C=O) groups is 2. The number of carbonyl (C=O) groups excluding carboxylic acids is 2. The lowest BCUT2D eigenvalue weighted by atomic mass is 10.1. The molecular weight excluding hydrogens is 834 g/mol. The van der Waals surface area contributed by atoms with Crippen LogP contribution in [0.2, 0.25) is 0 Å². The van der Waals surface area contributed by atoms with Gasteiger partial charge in [-0.2, -0.15) is 36.9 Å². The number of rotatable bonds is 8. The molecule has 296 valence electrons. The first-order valence-electron chi connectivity index (χ1n) is 15.6. The molecule has 0 heterocycles. The van der Waals surface area contributed by atoms with Gasteiger partial charge in [-0.25, -0.2) is 9.69 Å². The van der Waals surface area contributed by atoms with Crippen molar-refractivity contribution in [3.63, 3.8) is 0 Å². The van der Waals surface area contributed by atoms with E-state index in [1.807, 2.05) is 12.1 Å². The first-order chi connectivity index (χ1) is 26.5. The third-order valence-corrected chi connectivity index (χ3v) is 8.19. The lowest BCUT2D eigenvalue weighted by Gasteiger charge is -2.23. The normalized spacial score (nSPS) is 12.7. The molecule has 5 N–H and O–H groups in total. The number of aliphatic hydroxyl groups is 2. The molecule has 0 radical (unpaired) electrons. The van der Waals surface area contributed by atoms with Crippen LogP contribution in [0.5, 0.6) is 11.5 Å². The molecule has 2 amide bonds. The second-order valence-corrected chi connectivity index (χ2v) is 12.4. The van der Waals surface area contributed by atoms with Gasteiger partial charge in [0.2, 0.25) is 0 Å². The van der Waals surface area contributed by atoms with Gasteiger partial charge in [0.1, 0.15) is 23.7 Å². The maximum atomic E-state index is 13.0. The van der Waals surface area contributed by atoms with Crippen molar-refractivity contribution in [3.05, 3.63) is 130 Å². The third kappa shape index (κ3) is 14.2. The zero-order valence-electron chi connectivity index (χ0n) is 29.5. The van der Waals surface area contributed by atoms with Crippen LogP contribution < -0.4 is 15.4 Å². The average Bonchev–Trinajstić information content (AvgIpc) is 3.17. The maximum Gasteiger partial charge on any atom is 0.407 e. The summed E-state index contributed by atoms with van der Waals surface area (Å²) in [7, 11) is 0. The molecule has 2 atom stereocenters. The molecule has 0 fully saturated rings. The summed E-state index contributed by atoms with van der Waals surface area (Å²) < 4.78 is 82.5. The van der Waals surface area contributed by atoms with Crippen molar-refractivity contribution < 1.29 is 56.0 Å². The van der Waals surface area contributed by atoms with Gasteiger partial charge < -0.3 is 30.7 Å². The molecule has 4 rings (SSSR count). The molecule has 4 aromatic rings. The molecule has 0 unspecified atom stereocenters. The van der Waals surface area contributed by atoms with Crippen molar-refractivity contribution in [2.45, 2.75) is 37.4 Å². The van der Waals surface area contributed by atoms with E-state index in [2.05, 4.69) is 36.3 Å². The molecule has 0 saturated heterocycles. The quantitative estimate of drug-likeness (QED) is 0.0384. The Morgan fingerprint density at radius 1 is 0.719 bits per heavy atom. The van der Waals surface area contributed by atoms with Gasteiger partial charge in [0.25, 0.3) is 11.8 Å². The number of anilines is 2. The SMILES string of the molecule is C[C@](O)(CBr)C(=O)Nc1ccc([15N+]#[13C-])c(C(F)(F)F)c1.C[C@](O)(COc1ccc(C#N)cc1)C(=O)Nc1ccc([15N+]#[13C-])c(C(F)(F)F)c1.N#Cc1ccc(O)cc1. The van der Waals surface area contributed by atoms with Crippen LogP contribution in [0.15, 0.2) is 84.9 Å². The monoisotopic (exact) mass is 862 g/mol. The molecule has 19 heteroatoms. The minimum Gasteiger partial charge on any atom is -0.508 e. The molecule has 0 aliphatic heterocycles. The van der Waals surface area contributed by atoms with Crippen molar-refractivity contribution in [1.29, 1.82) is 10.5 Å². The number of hydrogen-bond donors (Lipinski definition) is 5. The molecule has 0 aliphatic rings. The van der Waals surface area contributed by atoms with Crippen molar-refractivity contribution >= 4 is 50.5 Å². The summed E-state index contributed by atoms with van der Waals surface area (Å²) in [6.07, 6.45) is -9.46. The Bertz CT molecular complexity index is 2220. The first kappa shape index (κ1) is 46.5. The summed E-state index contributed by atoms with van der Waals surface area (Å²) in [6.45, 7) is 15.4. The predicted molar refractivity (Wildman–Crippen MR) is 197 cm³/mol. The van der Waals surface area contributed by atoms with Crippen molar-refractivity contribution in [3.8, 4) is 23.6 Å². The molecule has 0 bridgehead atoms. The zero-order chi connectivity index (χ0) is 43.2. The number of hydrogen-bond acceptors (Lipinski definition) is 8. The summed E-state index contributed by atoms with van der Waals surface area (Å²) in [5.74, 6) is -1.34. The van der Waals surface area contributed by atoms with Crippen molar-refractivity contribution in [2.75, 3.05) is 22.6 Å². The molecule has 0 aliphatic carbocycles. The Morgan fingerprint density at radius 3 is 1.46 bits per heavy atom. The summed E-state index contributed by atoms with van der Waals surface area (Å²) in [4.78, 5) is 29.5. The van der Waals surface area contributed by atoms with Gasteiger partial charge in [-0.3, -0.25) is 9.59 Å². The van der Waals surface area contributed by atoms with E-state index in [4.69, 9.17) is 33.5 Å². The summed E-state index contributed by atoms with van der Waals surface area (Å²) in [6, 6.07) is 21.4. The second kappa shape index (κ2) is 19.8. The van der Waals surface area contributed by atoms with Gasteiger partial charge in [-0.05, 0) is 86.6 Å². The number of halogens is 7. The highest BCUT2D eigenvalue weighted by Crippen LogP contribution is 2.39. The van der Waals surface area contributed by atoms with Gasteiger partial charge in [0.15, 0.2) is 17.0 Å². The number of ether oxygens (including phenoxy) is 1. The standard InChI is InChI=1S/C19H14F3N3O3.C12H10BrF3N2O2.C7H5NO/c1-18(27,11-28-14-6-3-12(10-23)4-7-14)17(26)25-13-5-8-16(24-2)15(9-13)19(20,21)22;1-11(20,6-13)10(19)18-7-3-4-9(17-2)8(5-7)12(14,15)16;8-5-6-1-3-7(9)4-2-6/h3-9,27H,11H2,1H3,(H,25,26);3-5,20H,6H2,1H3,(H,18,19);1-4,9H/t18-;11-;/m00./s1/i2+1,24+1;2+1,17+1;. The highest BCUT2D eigenvalue weighted by atomic mass is 79.9. The summed E-state index contributed by atoms with van der Waals surface area (Å²) >= 11 is 2.92. The number of phenols is 1. The van der Waals surface area contributed by atoms with E-state index >= 15 is 0 Å². The second-order valence-electron chi connectivity index (χ2n) is 11.9. The number of nitrogens with zero attached hydrogens (tertiary/aromatic N) is 4. The number of amides is 2. The highest BCUT2D eigenvalue weighted by molar-refractivity contribution is 9.09. The fourth-order valence-electron chi connectivity index (χ4n) is 3.92. The Kier molecular flexibility index (Phi) is 16.2. The van der Waals surface area contributed by atoms with E-state index in [0.29, 0.717) is 29.0 Å². The van der Waals surface area contributed by atoms with Crippen LogP contribution in [-0.2, 0) is 21.9 Å². The molecule has 0 spiro atoms. The number of phenolic OH excluding ortho intramolecular Hbond substituents is 1. The Balaban J connectivity index is 0.000000334. The van der Waals surface area contributed by atoms with Crippen molar-refractivity contribution in [1.82, 2.24) is 0 Å². The molecule has 12 nitrogen and oxygen atoms in total. The molecule has 0 saturated carbocycles. The fraction of sp³-hybridized carbons (Fsp3) is 0.211. The van der Waals surface area contributed by atoms with Crippen LogP contribution in [0.25, 0.3) is 9.69 Å². The van der Waals surface area contributed by atoms with Gasteiger partial charge in [-0.15, -0.1) is 0 Å². The minimum atomic E-state index is -4.76. The van der Waals surface area contributed by atoms with Crippen LogP contribution in [0.4, 0.5) is 49.1 Å². The van der Waals surface area contributed by atoms with Crippen LogP contribution >= 0.6 is 15.9 Å². The number of aromatic hydroxyl groups is 1. The van der Waals surface area contributed by atoms with Gasteiger partial charge in [0.05, 0.1) is 47.5 Å². The van der Waals surface area contributed by atoms with E-state index < -0.39 is 64.5 Å². The Labute approximate surface area is 329 Å². The third-order valence-electron chi connectivity index (χ3n) is 7.10. The Morgan fingerprint density at radius 2 is 1.11 bits per heavy atom. The first-order valence-corrected chi connectivity index (χ1v) is 16.8. The van der Waals surface area contributed by atoms with Gasteiger partial charge >= 0.3 is 12.4 Å². The molecule has 0 aromatic heterocycles. The van der Waals surface area contributed by atoms with E-state index in [-0.39, 0.29) is 22.5 Å². The van der Waals surface area contributed by atoms with Gasteiger partial charge in [0, 0.05) is 16.7 Å². The smallest absolute Gasteiger partial charge is 0.407 e. The maximum absolute atomic E-state index is 13.0. The summed E-state index contributed by atoms with van der Waals surface area (Å²) in [5.41, 5.74) is -6.67. The number of nitriles is 2. The minimum absolute atomic E-state index is 0.0713. The molecule has 57 heavy (non-hydrogen) atoms. The van der Waals surface area contributed by atoms with E-state index in [1.165, 1.54) is 49.4 Å². The van der Waals surface area contributed by atoms with Crippen LogP contribution in [-0.4, -0.2) is 50.3 Å². The van der Waals surface area contributed by atoms with Crippen LogP contribution in [0.1, 0.15) is 36.1 Å². The largest absolute Gasteiger partial charge is 0.508 e. The van der Waals surface area contributed by atoms with E-state index in [9.17, 15) is 46.1 Å². The van der Waals surface area contributed by atoms with Crippen LogP contribution in [0, 0.1) is 35.8 Å². The lowest BCUT2D eigenvalue weighted by molar-refractivity contribution is -0.137. The molecule has 4 aromatic carbocycles.